The average Bonchev–Trinajstić information content (AvgIpc) is 2.65. The van der Waals surface area contributed by atoms with Crippen LogP contribution in [0.15, 0.2) is 0 Å². The number of carboxylic acid groups (broad SMARTS) is 2. The average molecular weight is 409 g/mol. The fourth-order valence-corrected chi connectivity index (χ4v) is 1.75. The molecule has 164 valence electrons. The van der Waals surface area contributed by atoms with Gasteiger partial charge in [-0.05, 0) is 6.42 Å². The lowest BCUT2D eigenvalue weighted by atomic mass is 10.3. The lowest BCUT2D eigenvalue weighted by molar-refractivity contribution is -0.142. The molecule has 0 fully saturated rings. The summed E-state index contributed by atoms with van der Waals surface area (Å²) in [6.45, 7) is 3.69. The van der Waals surface area contributed by atoms with Crippen LogP contribution < -0.4 is 5.32 Å². The van der Waals surface area contributed by atoms with E-state index < -0.39 is 11.9 Å². The maximum atomic E-state index is 11.3. The Morgan fingerprint density at radius 3 is 1.54 bits per heavy atom. The van der Waals surface area contributed by atoms with Crippen molar-refractivity contribution in [3.05, 3.63) is 0 Å². The quantitative estimate of drug-likeness (QED) is 0.212. The highest BCUT2D eigenvalue weighted by atomic mass is 16.6. The van der Waals surface area contributed by atoms with Crippen molar-refractivity contribution in [3.8, 4) is 0 Å². The third-order valence-electron chi connectivity index (χ3n) is 3.07. The number of carbonyl (C=O) groups excluding carboxylic acids is 1. The maximum Gasteiger partial charge on any atom is 0.329 e. The number of aliphatic carboxylic acids is 2. The molecule has 3 N–H and O–H groups in total. The van der Waals surface area contributed by atoms with Crippen molar-refractivity contribution in [2.24, 2.45) is 0 Å². The van der Waals surface area contributed by atoms with Crippen LogP contribution in [0.2, 0.25) is 0 Å². The zero-order chi connectivity index (χ0) is 20.9. The van der Waals surface area contributed by atoms with Gasteiger partial charge in [0.15, 0.2) is 0 Å². The smallest absolute Gasteiger partial charge is 0.329 e. The number of amides is 1. The van der Waals surface area contributed by atoms with Gasteiger partial charge in [-0.2, -0.15) is 0 Å². The molecule has 11 heteroatoms. The number of nitrogens with one attached hydrogen (secondary N) is 1. The first-order chi connectivity index (χ1) is 13.5. The number of ether oxygens (including phenoxy) is 5. The standard InChI is InChI=1S/C17H31NO10/c19-15(2-3-16(20)21)18-4-1-5-24-6-7-25-8-9-26-10-11-27-12-13-28-14-17(22)23/h1-14H2,(H,18,19)(H,20,21)(H,22,23). The molecule has 0 aliphatic heterocycles. The van der Waals surface area contributed by atoms with Crippen LogP contribution in [0.25, 0.3) is 0 Å². The molecule has 0 saturated heterocycles. The monoisotopic (exact) mass is 409 g/mol. The summed E-state index contributed by atoms with van der Waals surface area (Å²) in [5.41, 5.74) is 0. The predicted octanol–water partition coefficient (Wildman–Crippen LogP) is -0.475. The van der Waals surface area contributed by atoms with Crippen molar-refractivity contribution in [2.75, 3.05) is 72.6 Å². The van der Waals surface area contributed by atoms with Crippen molar-refractivity contribution < 1.29 is 48.3 Å². The van der Waals surface area contributed by atoms with Crippen LogP contribution in [-0.4, -0.2) is 101 Å². The second-order valence-corrected chi connectivity index (χ2v) is 5.49. The molecule has 0 aliphatic carbocycles. The molecule has 0 aliphatic rings. The SMILES string of the molecule is O=C(O)CCC(=O)NCCCOCCOCCOCCOCCOCC(=O)O. The van der Waals surface area contributed by atoms with Gasteiger partial charge in [0.05, 0.1) is 59.3 Å². The minimum atomic E-state index is -1.01. The summed E-state index contributed by atoms with van der Waals surface area (Å²) in [4.78, 5) is 31.7. The van der Waals surface area contributed by atoms with Crippen molar-refractivity contribution in [2.45, 2.75) is 19.3 Å². The maximum absolute atomic E-state index is 11.3. The zero-order valence-corrected chi connectivity index (χ0v) is 16.1. The number of carboxylic acids is 2. The van der Waals surface area contributed by atoms with Gasteiger partial charge in [-0.15, -0.1) is 0 Å². The highest BCUT2D eigenvalue weighted by molar-refractivity contribution is 5.80. The summed E-state index contributed by atoms with van der Waals surface area (Å²) >= 11 is 0. The van der Waals surface area contributed by atoms with Crippen molar-refractivity contribution in [1.82, 2.24) is 5.32 Å². The van der Waals surface area contributed by atoms with E-state index in [0.29, 0.717) is 65.8 Å². The Morgan fingerprint density at radius 2 is 1.07 bits per heavy atom. The largest absolute Gasteiger partial charge is 0.481 e. The Bertz CT molecular complexity index is 419. The molecule has 0 rings (SSSR count). The molecule has 0 bridgehead atoms. The Labute approximate surface area is 164 Å². The number of hydrogen-bond acceptors (Lipinski definition) is 8. The first-order valence-corrected chi connectivity index (χ1v) is 9.11. The van der Waals surface area contributed by atoms with Gasteiger partial charge in [0, 0.05) is 19.6 Å². The first-order valence-electron chi connectivity index (χ1n) is 9.11. The van der Waals surface area contributed by atoms with Gasteiger partial charge in [0.1, 0.15) is 6.61 Å². The molecule has 0 spiro atoms. The van der Waals surface area contributed by atoms with E-state index >= 15 is 0 Å². The number of hydrogen-bond donors (Lipinski definition) is 3. The molecule has 0 aromatic heterocycles. The van der Waals surface area contributed by atoms with Crippen LogP contribution in [0.4, 0.5) is 0 Å². The zero-order valence-electron chi connectivity index (χ0n) is 16.1. The van der Waals surface area contributed by atoms with Crippen LogP contribution >= 0.6 is 0 Å². The lowest BCUT2D eigenvalue weighted by Gasteiger charge is -2.08. The minimum absolute atomic E-state index is 0.0144. The van der Waals surface area contributed by atoms with Gasteiger partial charge < -0.3 is 39.2 Å². The van der Waals surface area contributed by atoms with Crippen LogP contribution in [0.3, 0.4) is 0 Å². The van der Waals surface area contributed by atoms with E-state index in [4.69, 9.17) is 33.9 Å². The highest BCUT2D eigenvalue weighted by Gasteiger charge is 2.04. The fraction of sp³-hybridized carbons (Fsp3) is 0.824. The molecular weight excluding hydrogens is 378 g/mol. The highest BCUT2D eigenvalue weighted by Crippen LogP contribution is 1.89. The molecule has 0 saturated carbocycles. The summed E-state index contributed by atoms with van der Waals surface area (Å²) < 4.78 is 25.9. The van der Waals surface area contributed by atoms with E-state index in [9.17, 15) is 14.4 Å². The Kier molecular flexibility index (Phi) is 18.7. The summed E-state index contributed by atoms with van der Waals surface area (Å²) in [5, 5.41) is 19.4. The van der Waals surface area contributed by atoms with Crippen molar-refractivity contribution in [1.29, 1.82) is 0 Å². The minimum Gasteiger partial charge on any atom is -0.481 e. The third-order valence-corrected chi connectivity index (χ3v) is 3.07. The Balaban J connectivity index is 3.11. The summed E-state index contributed by atoms with van der Waals surface area (Å²) in [7, 11) is 0. The van der Waals surface area contributed by atoms with Gasteiger partial charge in [-0.3, -0.25) is 9.59 Å². The predicted molar refractivity (Wildman–Crippen MR) is 96.2 cm³/mol. The molecule has 1 amide bonds. The van der Waals surface area contributed by atoms with E-state index in [-0.39, 0.29) is 32.0 Å². The second kappa shape index (κ2) is 20.0. The molecule has 0 aromatic rings. The van der Waals surface area contributed by atoms with Gasteiger partial charge in [-0.25, -0.2) is 4.79 Å². The van der Waals surface area contributed by atoms with E-state index in [2.05, 4.69) is 5.32 Å². The molecule has 11 nitrogen and oxygen atoms in total. The molecule has 0 unspecified atom stereocenters. The van der Waals surface area contributed by atoms with Gasteiger partial charge in [0.2, 0.25) is 5.91 Å². The number of rotatable bonds is 21. The molecule has 0 radical (unpaired) electrons. The summed E-state index contributed by atoms with van der Waals surface area (Å²) in [5.74, 6) is -2.27. The van der Waals surface area contributed by atoms with Gasteiger partial charge in [-0.1, -0.05) is 0 Å². The molecular formula is C17H31NO10. The normalized spacial score (nSPS) is 10.7. The second-order valence-electron chi connectivity index (χ2n) is 5.49. The fourth-order valence-electron chi connectivity index (χ4n) is 1.75. The van der Waals surface area contributed by atoms with E-state index in [1.165, 1.54) is 0 Å². The van der Waals surface area contributed by atoms with Crippen LogP contribution in [0, 0.1) is 0 Å². The molecule has 0 aromatic carbocycles. The summed E-state index contributed by atoms with van der Waals surface area (Å²) in [6, 6.07) is 0. The van der Waals surface area contributed by atoms with Crippen molar-refractivity contribution >= 4 is 17.8 Å². The first kappa shape index (κ1) is 26.2. The number of carbonyl (C=O) groups is 3. The van der Waals surface area contributed by atoms with E-state index in [1.54, 1.807) is 0 Å². The molecule has 28 heavy (non-hydrogen) atoms. The molecule has 0 atom stereocenters. The van der Waals surface area contributed by atoms with Crippen LogP contribution in [0.5, 0.6) is 0 Å². The van der Waals surface area contributed by atoms with E-state index in [0.717, 1.165) is 0 Å². The Morgan fingerprint density at radius 1 is 0.607 bits per heavy atom. The Hall–Kier alpha value is -1.79. The van der Waals surface area contributed by atoms with Gasteiger partial charge >= 0.3 is 11.9 Å². The lowest BCUT2D eigenvalue weighted by Crippen LogP contribution is -2.25. The summed E-state index contributed by atoms with van der Waals surface area (Å²) in [6.07, 6.45) is 0.461. The van der Waals surface area contributed by atoms with E-state index in [1.807, 2.05) is 0 Å². The topological polar surface area (TPSA) is 150 Å². The van der Waals surface area contributed by atoms with Crippen LogP contribution in [-0.2, 0) is 38.1 Å². The third kappa shape index (κ3) is 22.3. The van der Waals surface area contributed by atoms with Crippen LogP contribution in [0.1, 0.15) is 19.3 Å². The van der Waals surface area contributed by atoms with Gasteiger partial charge in [0.25, 0.3) is 0 Å². The van der Waals surface area contributed by atoms with Crippen molar-refractivity contribution in [3.63, 3.8) is 0 Å². The molecule has 0 heterocycles.